The van der Waals surface area contributed by atoms with E-state index in [9.17, 15) is 4.79 Å². The second kappa shape index (κ2) is 9.05. The predicted octanol–water partition coefficient (Wildman–Crippen LogP) is 4.35. The standard InChI is InChI=1S/C24H22N4O2/c1-30-21-7-4-17(5-8-21)10-13-27-24(29)19-11-14-26-23(16-19)28-20-6-9-22-18(15-20)3-2-12-25-22/h2-9,11-12,14-16H,10,13H2,1H3,(H,26,28)(H,27,29). The van der Waals surface area contributed by atoms with Crippen LogP contribution in [0.15, 0.2) is 79.1 Å². The number of ether oxygens (including phenoxy) is 1. The van der Waals surface area contributed by atoms with Crippen LogP contribution in [0.4, 0.5) is 11.5 Å². The summed E-state index contributed by atoms with van der Waals surface area (Å²) in [6, 6.07) is 21.1. The van der Waals surface area contributed by atoms with E-state index in [1.54, 1.807) is 31.6 Å². The van der Waals surface area contributed by atoms with E-state index in [-0.39, 0.29) is 5.91 Å². The molecule has 4 aromatic rings. The number of carbonyl (C=O) groups is 1. The number of benzene rings is 2. The van der Waals surface area contributed by atoms with Crippen LogP contribution in [0, 0.1) is 0 Å². The van der Waals surface area contributed by atoms with Crippen molar-refractivity contribution in [1.29, 1.82) is 0 Å². The molecule has 0 saturated heterocycles. The Labute approximate surface area is 175 Å². The summed E-state index contributed by atoms with van der Waals surface area (Å²) < 4.78 is 5.16. The summed E-state index contributed by atoms with van der Waals surface area (Å²) in [5.41, 5.74) is 3.52. The van der Waals surface area contributed by atoms with Crippen LogP contribution < -0.4 is 15.4 Å². The molecule has 0 unspecified atom stereocenters. The van der Waals surface area contributed by atoms with E-state index in [2.05, 4.69) is 20.6 Å². The van der Waals surface area contributed by atoms with Crippen LogP contribution in [0.2, 0.25) is 0 Å². The molecular formula is C24H22N4O2. The van der Waals surface area contributed by atoms with Gasteiger partial charge in [-0.3, -0.25) is 9.78 Å². The zero-order chi connectivity index (χ0) is 20.8. The van der Waals surface area contributed by atoms with Crippen molar-refractivity contribution >= 4 is 28.3 Å². The number of fused-ring (bicyclic) bond motifs is 1. The number of rotatable bonds is 7. The van der Waals surface area contributed by atoms with Gasteiger partial charge in [-0.05, 0) is 60.5 Å². The third-order valence-electron chi connectivity index (χ3n) is 4.76. The Morgan fingerprint density at radius 3 is 2.67 bits per heavy atom. The fourth-order valence-corrected chi connectivity index (χ4v) is 3.16. The zero-order valence-corrected chi connectivity index (χ0v) is 16.6. The van der Waals surface area contributed by atoms with Gasteiger partial charge in [-0.15, -0.1) is 0 Å². The van der Waals surface area contributed by atoms with Gasteiger partial charge in [0.15, 0.2) is 0 Å². The molecule has 0 spiro atoms. The zero-order valence-electron chi connectivity index (χ0n) is 16.6. The first-order valence-electron chi connectivity index (χ1n) is 9.70. The fourth-order valence-electron chi connectivity index (χ4n) is 3.16. The minimum atomic E-state index is -0.128. The van der Waals surface area contributed by atoms with E-state index in [4.69, 9.17) is 4.74 Å². The summed E-state index contributed by atoms with van der Waals surface area (Å²) >= 11 is 0. The smallest absolute Gasteiger partial charge is 0.251 e. The van der Waals surface area contributed by atoms with Crippen LogP contribution in [-0.2, 0) is 6.42 Å². The van der Waals surface area contributed by atoms with Crippen LogP contribution in [-0.4, -0.2) is 29.5 Å². The number of amides is 1. The number of carbonyl (C=O) groups excluding carboxylic acids is 1. The van der Waals surface area contributed by atoms with Gasteiger partial charge in [-0.2, -0.15) is 0 Å². The third kappa shape index (κ3) is 4.72. The van der Waals surface area contributed by atoms with Crippen molar-refractivity contribution in [1.82, 2.24) is 15.3 Å². The Morgan fingerprint density at radius 2 is 1.83 bits per heavy atom. The molecule has 0 radical (unpaired) electrons. The molecule has 1 amide bonds. The lowest BCUT2D eigenvalue weighted by Crippen LogP contribution is -2.25. The van der Waals surface area contributed by atoms with Gasteiger partial charge in [0.05, 0.1) is 12.6 Å². The van der Waals surface area contributed by atoms with Crippen LogP contribution in [0.5, 0.6) is 5.75 Å². The lowest BCUT2D eigenvalue weighted by atomic mass is 10.1. The molecular weight excluding hydrogens is 376 g/mol. The monoisotopic (exact) mass is 398 g/mol. The number of hydrogen-bond donors (Lipinski definition) is 2. The molecule has 0 saturated carbocycles. The first-order valence-corrected chi connectivity index (χ1v) is 9.70. The van der Waals surface area contributed by atoms with E-state index in [0.717, 1.165) is 34.3 Å². The number of pyridine rings is 2. The van der Waals surface area contributed by atoms with Gasteiger partial charge in [-0.25, -0.2) is 4.98 Å². The molecule has 0 atom stereocenters. The van der Waals surface area contributed by atoms with Gasteiger partial charge in [0.25, 0.3) is 5.91 Å². The van der Waals surface area contributed by atoms with E-state index in [1.807, 2.05) is 54.6 Å². The molecule has 2 N–H and O–H groups in total. The Morgan fingerprint density at radius 1 is 0.967 bits per heavy atom. The Balaban J connectivity index is 1.37. The van der Waals surface area contributed by atoms with Crippen LogP contribution >= 0.6 is 0 Å². The van der Waals surface area contributed by atoms with Gasteiger partial charge in [0.2, 0.25) is 0 Å². The average molecular weight is 398 g/mol. The maximum absolute atomic E-state index is 12.5. The Hall–Kier alpha value is -3.93. The van der Waals surface area contributed by atoms with E-state index in [0.29, 0.717) is 17.9 Å². The highest BCUT2D eigenvalue weighted by atomic mass is 16.5. The molecule has 0 bridgehead atoms. The van der Waals surface area contributed by atoms with Gasteiger partial charge >= 0.3 is 0 Å². The predicted molar refractivity (Wildman–Crippen MR) is 118 cm³/mol. The van der Waals surface area contributed by atoms with Crippen molar-refractivity contribution in [3.8, 4) is 5.75 Å². The minimum absolute atomic E-state index is 0.128. The first-order chi connectivity index (χ1) is 14.7. The van der Waals surface area contributed by atoms with Crippen molar-refractivity contribution in [2.24, 2.45) is 0 Å². The molecule has 2 aromatic carbocycles. The van der Waals surface area contributed by atoms with Crippen LogP contribution in [0.1, 0.15) is 15.9 Å². The Bertz CT molecular complexity index is 1160. The molecule has 0 aliphatic rings. The van der Waals surface area contributed by atoms with E-state index >= 15 is 0 Å². The number of methoxy groups -OCH3 is 1. The van der Waals surface area contributed by atoms with Crippen molar-refractivity contribution in [3.05, 3.63) is 90.3 Å². The molecule has 4 rings (SSSR count). The summed E-state index contributed by atoms with van der Waals surface area (Å²) in [5, 5.41) is 7.25. The number of anilines is 2. The summed E-state index contributed by atoms with van der Waals surface area (Å²) in [4.78, 5) is 21.2. The third-order valence-corrected chi connectivity index (χ3v) is 4.76. The highest BCUT2D eigenvalue weighted by molar-refractivity contribution is 5.95. The lowest BCUT2D eigenvalue weighted by Gasteiger charge is -2.09. The summed E-state index contributed by atoms with van der Waals surface area (Å²) in [7, 11) is 1.64. The maximum Gasteiger partial charge on any atom is 0.251 e. The van der Waals surface area contributed by atoms with Crippen molar-refractivity contribution in [3.63, 3.8) is 0 Å². The minimum Gasteiger partial charge on any atom is -0.497 e. The quantitative estimate of drug-likeness (QED) is 0.484. The molecule has 6 nitrogen and oxygen atoms in total. The summed E-state index contributed by atoms with van der Waals surface area (Å²) in [6.07, 6.45) is 4.15. The number of aromatic nitrogens is 2. The van der Waals surface area contributed by atoms with Crippen molar-refractivity contribution in [2.45, 2.75) is 6.42 Å². The molecule has 2 heterocycles. The average Bonchev–Trinajstić information content (AvgIpc) is 2.79. The highest BCUT2D eigenvalue weighted by Crippen LogP contribution is 2.20. The lowest BCUT2D eigenvalue weighted by molar-refractivity contribution is 0.0954. The maximum atomic E-state index is 12.5. The van der Waals surface area contributed by atoms with Gasteiger partial charge < -0.3 is 15.4 Å². The molecule has 150 valence electrons. The van der Waals surface area contributed by atoms with Gasteiger partial charge in [0.1, 0.15) is 11.6 Å². The second-order valence-electron chi connectivity index (χ2n) is 6.82. The molecule has 6 heteroatoms. The second-order valence-corrected chi connectivity index (χ2v) is 6.82. The number of hydrogen-bond acceptors (Lipinski definition) is 5. The van der Waals surface area contributed by atoms with Gasteiger partial charge in [-0.1, -0.05) is 18.2 Å². The SMILES string of the molecule is COc1ccc(CCNC(=O)c2ccnc(Nc3ccc4ncccc4c3)c2)cc1. The molecule has 30 heavy (non-hydrogen) atoms. The van der Waals surface area contributed by atoms with E-state index < -0.39 is 0 Å². The summed E-state index contributed by atoms with van der Waals surface area (Å²) in [6.45, 7) is 0.550. The Kier molecular flexibility index (Phi) is 5.85. The largest absolute Gasteiger partial charge is 0.497 e. The fraction of sp³-hybridized carbons (Fsp3) is 0.125. The normalized spacial score (nSPS) is 10.6. The topological polar surface area (TPSA) is 76.1 Å². The van der Waals surface area contributed by atoms with Crippen molar-refractivity contribution < 1.29 is 9.53 Å². The summed E-state index contributed by atoms with van der Waals surface area (Å²) in [5.74, 6) is 1.31. The number of nitrogens with zero attached hydrogens (tertiary/aromatic N) is 2. The molecule has 0 aliphatic heterocycles. The van der Waals surface area contributed by atoms with Gasteiger partial charge in [0, 0.05) is 35.6 Å². The van der Waals surface area contributed by atoms with E-state index in [1.165, 1.54) is 0 Å². The number of nitrogens with one attached hydrogen (secondary N) is 2. The van der Waals surface area contributed by atoms with Crippen molar-refractivity contribution in [2.75, 3.05) is 19.0 Å². The molecule has 0 aliphatic carbocycles. The van der Waals surface area contributed by atoms with Crippen LogP contribution in [0.25, 0.3) is 10.9 Å². The van der Waals surface area contributed by atoms with Crippen LogP contribution in [0.3, 0.4) is 0 Å². The molecule has 2 aromatic heterocycles. The molecule has 0 fully saturated rings. The highest BCUT2D eigenvalue weighted by Gasteiger charge is 2.07. The first kappa shape index (κ1) is 19.4.